The summed E-state index contributed by atoms with van der Waals surface area (Å²) in [4.78, 5) is 8.39. The Morgan fingerprint density at radius 3 is 3.06 bits per heavy atom. The second kappa shape index (κ2) is 5.07. The van der Waals surface area contributed by atoms with Gasteiger partial charge in [-0.05, 0) is 18.6 Å². The summed E-state index contributed by atoms with van der Waals surface area (Å²) in [5.74, 6) is 0. The molecule has 17 heavy (non-hydrogen) atoms. The van der Waals surface area contributed by atoms with Gasteiger partial charge in [-0.2, -0.15) is 0 Å². The highest BCUT2D eigenvalue weighted by Gasteiger charge is 2.11. The summed E-state index contributed by atoms with van der Waals surface area (Å²) in [6, 6.07) is 3.53. The second-order valence-corrected chi connectivity index (χ2v) is 4.00. The fourth-order valence-electron chi connectivity index (χ4n) is 1.71. The molecule has 0 aliphatic rings. The molecular formula is C12H16N4O. The molecule has 0 radical (unpaired) electrons. The molecule has 0 spiro atoms. The molecule has 5 nitrogen and oxygen atoms in total. The lowest BCUT2D eigenvalue weighted by Crippen LogP contribution is -2.19. The van der Waals surface area contributed by atoms with Crippen LogP contribution in [0.4, 0.5) is 0 Å². The van der Waals surface area contributed by atoms with Gasteiger partial charge in [0.2, 0.25) is 0 Å². The van der Waals surface area contributed by atoms with E-state index in [2.05, 4.69) is 9.97 Å². The highest BCUT2D eigenvalue weighted by atomic mass is 16.3. The Kier molecular flexibility index (Phi) is 3.51. The first-order valence-electron chi connectivity index (χ1n) is 5.49. The predicted molar refractivity (Wildman–Crippen MR) is 64.3 cm³/mol. The van der Waals surface area contributed by atoms with E-state index in [9.17, 15) is 0 Å². The number of nitrogens with two attached hydrogens (primary N) is 1. The minimum Gasteiger partial charge on any atom is -0.394 e. The Hall–Kier alpha value is -1.72. The number of pyridine rings is 1. The minimum atomic E-state index is -0.401. The van der Waals surface area contributed by atoms with E-state index in [4.69, 9.17) is 10.8 Å². The summed E-state index contributed by atoms with van der Waals surface area (Å²) in [7, 11) is 0. The highest BCUT2D eigenvalue weighted by Crippen LogP contribution is 2.12. The normalized spacial score (nSPS) is 12.6. The maximum atomic E-state index is 9.07. The largest absolute Gasteiger partial charge is 0.394 e. The molecule has 2 aromatic heterocycles. The van der Waals surface area contributed by atoms with Crippen LogP contribution in [0, 0.1) is 6.92 Å². The molecule has 1 unspecified atom stereocenters. The van der Waals surface area contributed by atoms with Gasteiger partial charge in [0.05, 0.1) is 36.9 Å². The topological polar surface area (TPSA) is 77.0 Å². The number of hydrogen-bond acceptors (Lipinski definition) is 4. The molecule has 0 saturated heterocycles. The van der Waals surface area contributed by atoms with E-state index in [-0.39, 0.29) is 6.61 Å². The second-order valence-electron chi connectivity index (χ2n) is 4.00. The van der Waals surface area contributed by atoms with E-state index in [0.29, 0.717) is 6.54 Å². The van der Waals surface area contributed by atoms with Crippen LogP contribution in [-0.2, 0) is 6.54 Å². The van der Waals surface area contributed by atoms with Crippen LogP contribution in [-0.4, -0.2) is 26.2 Å². The molecule has 2 rings (SSSR count). The van der Waals surface area contributed by atoms with E-state index in [1.54, 1.807) is 18.7 Å². The van der Waals surface area contributed by atoms with Crippen molar-refractivity contribution < 1.29 is 5.11 Å². The van der Waals surface area contributed by atoms with E-state index < -0.39 is 6.04 Å². The molecule has 5 heteroatoms. The number of imidazole rings is 1. The Morgan fingerprint density at radius 2 is 2.35 bits per heavy atom. The molecule has 2 aromatic rings. The molecule has 1 atom stereocenters. The van der Waals surface area contributed by atoms with Crippen molar-refractivity contribution in [2.45, 2.75) is 19.5 Å². The number of aromatic nitrogens is 3. The lowest BCUT2D eigenvalue weighted by Gasteiger charge is -2.13. The highest BCUT2D eigenvalue weighted by molar-refractivity contribution is 5.19. The van der Waals surface area contributed by atoms with Crippen LogP contribution in [0.15, 0.2) is 30.9 Å². The van der Waals surface area contributed by atoms with E-state index in [0.717, 1.165) is 17.0 Å². The van der Waals surface area contributed by atoms with Gasteiger partial charge >= 0.3 is 0 Å². The van der Waals surface area contributed by atoms with Gasteiger partial charge in [0.25, 0.3) is 0 Å². The van der Waals surface area contributed by atoms with Crippen molar-refractivity contribution in [3.8, 4) is 0 Å². The van der Waals surface area contributed by atoms with Crippen molar-refractivity contribution in [3.05, 3.63) is 47.8 Å². The van der Waals surface area contributed by atoms with Crippen molar-refractivity contribution in [3.63, 3.8) is 0 Å². The summed E-state index contributed by atoms with van der Waals surface area (Å²) < 4.78 is 1.91. The summed E-state index contributed by atoms with van der Waals surface area (Å²) in [5.41, 5.74) is 8.73. The lowest BCUT2D eigenvalue weighted by molar-refractivity contribution is 0.263. The fraction of sp³-hybridized carbons (Fsp3) is 0.333. The van der Waals surface area contributed by atoms with Gasteiger partial charge in [-0.15, -0.1) is 0 Å². The monoisotopic (exact) mass is 232 g/mol. The quantitative estimate of drug-likeness (QED) is 0.810. The van der Waals surface area contributed by atoms with Crippen LogP contribution in [0.3, 0.4) is 0 Å². The van der Waals surface area contributed by atoms with Crippen LogP contribution in [0.2, 0.25) is 0 Å². The average Bonchev–Trinajstić information content (AvgIpc) is 2.79. The van der Waals surface area contributed by atoms with Crippen LogP contribution < -0.4 is 5.73 Å². The molecule has 0 aliphatic carbocycles. The van der Waals surface area contributed by atoms with Crippen LogP contribution in [0.1, 0.15) is 23.0 Å². The minimum absolute atomic E-state index is 0.0904. The molecule has 0 saturated carbocycles. The van der Waals surface area contributed by atoms with Gasteiger partial charge < -0.3 is 15.4 Å². The maximum Gasteiger partial charge on any atom is 0.0952 e. The Labute approximate surface area is 99.9 Å². The van der Waals surface area contributed by atoms with Gasteiger partial charge in [0.1, 0.15) is 0 Å². The number of aliphatic hydroxyl groups excluding tert-OH is 1. The molecule has 3 N–H and O–H groups in total. The SMILES string of the molecule is Cc1cccnc1Cn1cncc1C(N)CO. The lowest BCUT2D eigenvalue weighted by atomic mass is 10.2. The van der Waals surface area contributed by atoms with Crippen molar-refractivity contribution in [1.82, 2.24) is 14.5 Å². The maximum absolute atomic E-state index is 9.07. The number of aliphatic hydroxyl groups is 1. The van der Waals surface area contributed by atoms with Crippen LogP contribution in [0.25, 0.3) is 0 Å². The molecule has 0 aliphatic heterocycles. The van der Waals surface area contributed by atoms with E-state index >= 15 is 0 Å². The molecular weight excluding hydrogens is 216 g/mol. The first-order chi connectivity index (χ1) is 8.22. The van der Waals surface area contributed by atoms with Crippen molar-refractivity contribution >= 4 is 0 Å². The standard InChI is InChI=1S/C12H16N4O/c1-9-3-2-4-15-11(9)6-16-8-14-5-12(16)10(13)7-17/h2-5,8,10,17H,6-7,13H2,1H3. The van der Waals surface area contributed by atoms with Gasteiger partial charge in [0, 0.05) is 12.4 Å². The third kappa shape index (κ3) is 2.51. The fourth-order valence-corrected chi connectivity index (χ4v) is 1.71. The van der Waals surface area contributed by atoms with Crippen LogP contribution >= 0.6 is 0 Å². The van der Waals surface area contributed by atoms with E-state index in [1.807, 2.05) is 23.6 Å². The van der Waals surface area contributed by atoms with Crippen molar-refractivity contribution in [2.24, 2.45) is 5.73 Å². The van der Waals surface area contributed by atoms with Crippen molar-refractivity contribution in [2.75, 3.05) is 6.61 Å². The first-order valence-corrected chi connectivity index (χ1v) is 5.49. The molecule has 0 aromatic carbocycles. The Balaban J connectivity index is 2.25. The smallest absolute Gasteiger partial charge is 0.0952 e. The zero-order chi connectivity index (χ0) is 12.3. The molecule has 0 fully saturated rings. The first kappa shape index (κ1) is 11.8. The van der Waals surface area contributed by atoms with Gasteiger partial charge in [0.15, 0.2) is 0 Å². The molecule has 90 valence electrons. The van der Waals surface area contributed by atoms with Gasteiger partial charge in [-0.25, -0.2) is 4.98 Å². The van der Waals surface area contributed by atoms with Gasteiger partial charge in [-0.1, -0.05) is 6.07 Å². The van der Waals surface area contributed by atoms with Crippen molar-refractivity contribution in [1.29, 1.82) is 0 Å². The number of hydrogen-bond donors (Lipinski definition) is 2. The number of aryl methyl sites for hydroxylation is 1. The third-order valence-electron chi connectivity index (χ3n) is 2.76. The third-order valence-corrected chi connectivity index (χ3v) is 2.76. The van der Waals surface area contributed by atoms with Gasteiger partial charge in [-0.3, -0.25) is 4.98 Å². The summed E-state index contributed by atoms with van der Waals surface area (Å²) in [6.45, 7) is 2.55. The zero-order valence-electron chi connectivity index (χ0n) is 9.74. The predicted octanol–water partition coefficient (Wildman–Crippen LogP) is 0.627. The molecule has 0 bridgehead atoms. The van der Waals surface area contributed by atoms with Crippen LogP contribution in [0.5, 0.6) is 0 Å². The Bertz CT molecular complexity index is 495. The number of rotatable bonds is 4. The summed E-state index contributed by atoms with van der Waals surface area (Å²) >= 11 is 0. The zero-order valence-corrected chi connectivity index (χ0v) is 9.74. The average molecular weight is 232 g/mol. The number of nitrogens with zero attached hydrogens (tertiary/aromatic N) is 3. The summed E-state index contributed by atoms with van der Waals surface area (Å²) in [5, 5.41) is 9.07. The Morgan fingerprint density at radius 1 is 1.53 bits per heavy atom. The molecule has 0 amide bonds. The summed E-state index contributed by atoms with van der Waals surface area (Å²) in [6.07, 6.45) is 5.16. The molecule has 2 heterocycles. The van der Waals surface area contributed by atoms with E-state index in [1.165, 1.54) is 0 Å².